The molecule has 0 unspecified atom stereocenters. The van der Waals surface area contributed by atoms with Crippen molar-refractivity contribution in [3.05, 3.63) is 0 Å². The summed E-state index contributed by atoms with van der Waals surface area (Å²) < 4.78 is 23.7. The van der Waals surface area contributed by atoms with E-state index < -0.39 is 75.7 Å². The van der Waals surface area contributed by atoms with Crippen LogP contribution in [0.3, 0.4) is 0 Å². The average Bonchev–Trinajstić information content (AvgIpc) is 2.84. The van der Waals surface area contributed by atoms with Crippen LogP contribution in [-0.2, 0) is 24.2 Å². The fraction of sp³-hybridized carbons (Fsp3) is 0.852. The molecular weight excluding hydrogens is 556 g/mol. The van der Waals surface area contributed by atoms with Gasteiger partial charge in [0.05, 0.1) is 30.0 Å². The molecule has 4 amide bonds. The van der Waals surface area contributed by atoms with Gasteiger partial charge in [-0.15, -0.1) is 0 Å². The fourth-order valence-corrected chi connectivity index (χ4v) is 5.54. The Morgan fingerprint density at radius 2 is 1.49 bits per heavy atom. The maximum atomic E-state index is 13.3. The Bertz CT molecular complexity index is 989. The SMILES string of the molecule is CC(C)C[C@H](NC(=O)[C@H](CCS(C)(=O)=O)NC(=O)[C@@H](NC(=O)O)C(C)C)[C@@H](O)C[C@@H](C)C(=O)N[C@H]1CCCC[C@@H]1O. The quantitative estimate of drug-likeness (QED) is 0.130. The molecule has 0 spiro atoms. The van der Waals surface area contributed by atoms with Crippen LogP contribution in [-0.4, -0.2) is 95.9 Å². The summed E-state index contributed by atoms with van der Waals surface area (Å²) in [6, 6.07) is -3.65. The van der Waals surface area contributed by atoms with Crippen LogP contribution in [0.25, 0.3) is 0 Å². The number of carbonyl (C=O) groups excluding carboxylic acids is 3. The highest BCUT2D eigenvalue weighted by Gasteiger charge is 2.33. The number of hydrogen-bond donors (Lipinski definition) is 7. The predicted molar refractivity (Wildman–Crippen MR) is 154 cm³/mol. The molecule has 0 aromatic rings. The van der Waals surface area contributed by atoms with E-state index in [0.717, 1.165) is 19.1 Å². The fourth-order valence-electron chi connectivity index (χ4n) is 4.87. The third kappa shape index (κ3) is 13.8. The first-order chi connectivity index (χ1) is 18.9. The van der Waals surface area contributed by atoms with E-state index in [0.29, 0.717) is 19.3 Å². The van der Waals surface area contributed by atoms with Crippen LogP contribution in [0.2, 0.25) is 0 Å². The third-order valence-corrected chi connectivity index (χ3v) is 8.23. The molecule has 0 aliphatic heterocycles. The van der Waals surface area contributed by atoms with E-state index in [1.807, 2.05) is 13.8 Å². The van der Waals surface area contributed by atoms with Crippen molar-refractivity contribution in [1.82, 2.24) is 21.3 Å². The van der Waals surface area contributed by atoms with Gasteiger partial charge in [0.25, 0.3) is 0 Å². The van der Waals surface area contributed by atoms with Crippen molar-refractivity contribution in [3.63, 3.8) is 0 Å². The molecule has 0 aromatic heterocycles. The minimum absolute atomic E-state index is 0.0185. The van der Waals surface area contributed by atoms with Gasteiger partial charge in [0, 0.05) is 12.2 Å². The molecule has 14 heteroatoms. The van der Waals surface area contributed by atoms with E-state index in [-0.39, 0.29) is 30.7 Å². The number of aliphatic hydroxyl groups is 2. The average molecular weight is 607 g/mol. The maximum Gasteiger partial charge on any atom is 0.405 e. The van der Waals surface area contributed by atoms with Gasteiger partial charge < -0.3 is 36.6 Å². The molecule has 1 aliphatic rings. The van der Waals surface area contributed by atoms with Crippen LogP contribution in [0, 0.1) is 17.8 Å². The zero-order chi connectivity index (χ0) is 31.5. The summed E-state index contributed by atoms with van der Waals surface area (Å²) in [6.07, 6.45) is 1.01. The lowest BCUT2D eigenvalue weighted by Gasteiger charge is -2.31. The minimum atomic E-state index is -3.50. The third-order valence-electron chi connectivity index (χ3n) is 7.26. The lowest BCUT2D eigenvalue weighted by Crippen LogP contribution is -2.57. The smallest absolute Gasteiger partial charge is 0.405 e. The minimum Gasteiger partial charge on any atom is -0.465 e. The van der Waals surface area contributed by atoms with Crippen LogP contribution in [0.15, 0.2) is 0 Å². The van der Waals surface area contributed by atoms with E-state index in [4.69, 9.17) is 5.11 Å². The molecule has 41 heavy (non-hydrogen) atoms. The Morgan fingerprint density at radius 1 is 0.878 bits per heavy atom. The molecular formula is C27H50N4O9S. The van der Waals surface area contributed by atoms with E-state index >= 15 is 0 Å². The lowest BCUT2D eigenvalue weighted by atomic mass is 9.90. The van der Waals surface area contributed by atoms with E-state index in [9.17, 15) is 37.8 Å². The van der Waals surface area contributed by atoms with Crippen molar-refractivity contribution in [2.24, 2.45) is 17.8 Å². The molecule has 13 nitrogen and oxygen atoms in total. The predicted octanol–water partition coefficient (Wildman–Crippen LogP) is 0.536. The molecule has 0 bridgehead atoms. The molecule has 238 valence electrons. The molecule has 0 saturated heterocycles. The maximum absolute atomic E-state index is 13.3. The summed E-state index contributed by atoms with van der Waals surface area (Å²) in [5, 5.41) is 40.5. The highest BCUT2D eigenvalue weighted by molar-refractivity contribution is 7.90. The highest BCUT2D eigenvalue weighted by atomic mass is 32.2. The monoisotopic (exact) mass is 606 g/mol. The normalized spacial score (nSPS) is 21.3. The van der Waals surface area contributed by atoms with Crippen molar-refractivity contribution in [2.45, 2.75) is 116 Å². The zero-order valence-corrected chi connectivity index (χ0v) is 25.9. The first-order valence-electron chi connectivity index (χ1n) is 14.4. The number of rotatable bonds is 16. The number of carboxylic acid groups (broad SMARTS) is 1. The summed E-state index contributed by atoms with van der Waals surface area (Å²) in [7, 11) is -3.50. The molecule has 0 heterocycles. The van der Waals surface area contributed by atoms with Gasteiger partial charge in [-0.05, 0) is 43.9 Å². The lowest BCUT2D eigenvalue weighted by molar-refractivity contribution is -0.131. The van der Waals surface area contributed by atoms with E-state index in [1.165, 1.54) is 0 Å². The topological polar surface area (TPSA) is 211 Å². The Balaban J connectivity index is 3.02. The van der Waals surface area contributed by atoms with Crippen LogP contribution >= 0.6 is 0 Å². The number of hydrogen-bond acceptors (Lipinski definition) is 8. The zero-order valence-electron chi connectivity index (χ0n) is 25.1. The van der Waals surface area contributed by atoms with Crippen molar-refractivity contribution in [3.8, 4) is 0 Å². The second kappa shape index (κ2) is 16.9. The van der Waals surface area contributed by atoms with Gasteiger partial charge in [0.2, 0.25) is 17.7 Å². The van der Waals surface area contributed by atoms with Crippen molar-refractivity contribution < 1.29 is 42.9 Å². The molecule has 1 aliphatic carbocycles. The van der Waals surface area contributed by atoms with Gasteiger partial charge in [0.1, 0.15) is 21.9 Å². The summed E-state index contributed by atoms with van der Waals surface area (Å²) in [5.74, 6) is -3.28. The second-order valence-electron chi connectivity index (χ2n) is 12.1. The van der Waals surface area contributed by atoms with Gasteiger partial charge in [-0.3, -0.25) is 14.4 Å². The second-order valence-corrected chi connectivity index (χ2v) is 14.3. The molecule has 7 atom stereocenters. The molecule has 0 aromatic carbocycles. The Hall–Kier alpha value is -2.45. The van der Waals surface area contributed by atoms with Gasteiger partial charge in [-0.2, -0.15) is 0 Å². The molecule has 1 rings (SSSR count). The van der Waals surface area contributed by atoms with Crippen LogP contribution in [0.4, 0.5) is 4.79 Å². The van der Waals surface area contributed by atoms with Crippen molar-refractivity contribution in [1.29, 1.82) is 0 Å². The number of carbonyl (C=O) groups is 4. The number of amides is 4. The molecule has 1 fully saturated rings. The first kappa shape index (κ1) is 36.6. The van der Waals surface area contributed by atoms with Gasteiger partial charge in [0.15, 0.2) is 0 Å². The molecule has 0 radical (unpaired) electrons. The first-order valence-corrected chi connectivity index (χ1v) is 16.4. The van der Waals surface area contributed by atoms with Gasteiger partial charge >= 0.3 is 6.09 Å². The van der Waals surface area contributed by atoms with Crippen LogP contribution < -0.4 is 21.3 Å². The van der Waals surface area contributed by atoms with Gasteiger partial charge in [-0.25, -0.2) is 13.2 Å². The summed E-state index contributed by atoms with van der Waals surface area (Å²) >= 11 is 0. The van der Waals surface area contributed by atoms with Crippen LogP contribution in [0.1, 0.15) is 79.6 Å². The summed E-state index contributed by atoms with van der Waals surface area (Å²) in [4.78, 5) is 50.2. The Kier molecular flexibility index (Phi) is 15.0. The van der Waals surface area contributed by atoms with Crippen molar-refractivity contribution in [2.75, 3.05) is 12.0 Å². The highest BCUT2D eigenvalue weighted by Crippen LogP contribution is 2.20. The molecule has 7 N–H and O–H groups in total. The summed E-state index contributed by atoms with van der Waals surface area (Å²) in [5.41, 5.74) is 0. The van der Waals surface area contributed by atoms with Gasteiger partial charge in [-0.1, -0.05) is 47.5 Å². The Labute approximate surface area is 243 Å². The number of sulfone groups is 1. The number of aliphatic hydroxyl groups excluding tert-OH is 2. The van der Waals surface area contributed by atoms with E-state index in [2.05, 4.69) is 21.3 Å². The standard InChI is InChI=1S/C27H50N4O9S/c1-15(2)13-20(22(33)14-17(5)24(34)28-18-9-7-8-10-21(18)32)30-25(35)19(11-12-41(6,39)40)29-26(36)23(16(3)4)31-27(37)38/h15-23,31-33H,7-14H2,1-6H3,(H,28,34)(H,29,36)(H,30,35)(H,37,38)/t17-,18+,19+,20+,21+,22+,23+/m1/s1. The summed E-state index contributed by atoms with van der Waals surface area (Å²) in [6.45, 7) is 8.67. The van der Waals surface area contributed by atoms with Crippen molar-refractivity contribution >= 4 is 33.7 Å². The molecule has 1 saturated carbocycles. The van der Waals surface area contributed by atoms with E-state index in [1.54, 1.807) is 20.8 Å². The number of nitrogens with one attached hydrogen (secondary N) is 4. The van der Waals surface area contributed by atoms with Crippen LogP contribution in [0.5, 0.6) is 0 Å². The largest absolute Gasteiger partial charge is 0.465 e. The Morgan fingerprint density at radius 3 is 2.00 bits per heavy atom.